The number of likely N-dealkylation sites (tertiary alicyclic amines) is 1. The molecular weight excluding hydrogens is 323 g/mol. The molecule has 2 fully saturated rings. The van der Waals surface area contributed by atoms with E-state index in [0.29, 0.717) is 41.2 Å². The summed E-state index contributed by atoms with van der Waals surface area (Å²) in [6.07, 6.45) is 2.60. The van der Waals surface area contributed by atoms with Crippen molar-refractivity contribution in [1.29, 1.82) is 0 Å². The molecule has 0 bridgehead atoms. The molecule has 2 heterocycles. The number of aryl methyl sites for hydroxylation is 1. The summed E-state index contributed by atoms with van der Waals surface area (Å²) in [6.45, 7) is 2.64. The van der Waals surface area contributed by atoms with Crippen molar-refractivity contribution in [2.75, 3.05) is 13.2 Å². The Kier molecular flexibility index (Phi) is 3.90. The molecule has 0 radical (unpaired) electrons. The van der Waals surface area contributed by atoms with Gasteiger partial charge in [0, 0.05) is 42.1 Å². The highest BCUT2D eigenvalue weighted by molar-refractivity contribution is 6.03. The van der Waals surface area contributed by atoms with Crippen LogP contribution in [0.1, 0.15) is 35.3 Å². The van der Waals surface area contributed by atoms with Gasteiger partial charge in [0.2, 0.25) is 5.91 Å². The molecule has 1 aromatic heterocycles. The quantitative estimate of drug-likeness (QED) is 0.802. The number of benzene rings is 1. The van der Waals surface area contributed by atoms with E-state index in [2.05, 4.69) is 4.98 Å². The lowest BCUT2D eigenvalue weighted by Gasteiger charge is -2.15. The zero-order chi connectivity index (χ0) is 17.6. The second kappa shape index (κ2) is 6.10. The highest BCUT2D eigenvalue weighted by atomic mass is 19.1. The number of nitrogens with zero attached hydrogens (tertiary/aromatic N) is 2. The van der Waals surface area contributed by atoms with E-state index in [-0.39, 0.29) is 18.4 Å². The first-order valence-corrected chi connectivity index (χ1v) is 8.55. The average molecular weight is 342 g/mol. The zero-order valence-corrected chi connectivity index (χ0v) is 14.0. The monoisotopic (exact) mass is 342 g/mol. The van der Waals surface area contributed by atoms with Crippen molar-refractivity contribution in [2.24, 2.45) is 5.92 Å². The van der Waals surface area contributed by atoms with Crippen molar-refractivity contribution in [3.05, 3.63) is 41.3 Å². The third-order valence-corrected chi connectivity index (χ3v) is 4.80. The molecule has 0 spiro atoms. The summed E-state index contributed by atoms with van der Waals surface area (Å²) >= 11 is 0. The normalized spacial score (nSPS) is 20.3. The van der Waals surface area contributed by atoms with Gasteiger partial charge in [-0.05, 0) is 38.0 Å². The van der Waals surface area contributed by atoms with Crippen molar-refractivity contribution in [1.82, 2.24) is 9.88 Å². The molecule has 0 N–H and O–H groups in total. The summed E-state index contributed by atoms with van der Waals surface area (Å²) < 4.78 is 18.9. The van der Waals surface area contributed by atoms with Crippen molar-refractivity contribution >= 4 is 22.8 Å². The largest absolute Gasteiger partial charge is 0.462 e. The van der Waals surface area contributed by atoms with E-state index in [4.69, 9.17) is 4.74 Å². The first kappa shape index (κ1) is 16.0. The standard InChI is InChI=1S/C19H19FN2O3/c1-11-6-16(15-5-2-13(20)8-17(15)21-11)19(24)25-10-12-7-18(23)22(9-12)14-3-4-14/h2,5-6,8,12,14H,3-4,7,9-10H2,1H3/t12-/m0/s1. The Hall–Kier alpha value is -2.50. The number of carbonyl (C=O) groups is 2. The van der Waals surface area contributed by atoms with E-state index < -0.39 is 11.8 Å². The van der Waals surface area contributed by atoms with Gasteiger partial charge in [0.1, 0.15) is 5.82 Å². The van der Waals surface area contributed by atoms with Crippen LogP contribution >= 0.6 is 0 Å². The maximum Gasteiger partial charge on any atom is 0.338 e. The minimum Gasteiger partial charge on any atom is -0.462 e. The van der Waals surface area contributed by atoms with Gasteiger partial charge in [0.25, 0.3) is 0 Å². The molecule has 1 saturated carbocycles. The summed E-state index contributed by atoms with van der Waals surface area (Å²) in [6, 6.07) is 6.21. The molecule has 1 saturated heterocycles. The highest BCUT2D eigenvalue weighted by Crippen LogP contribution is 2.32. The van der Waals surface area contributed by atoms with Gasteiger partial charge in [0.05, 0.1) is 17.7 Å². The van der Waals surface area contributed by atoms with E-state index in [1.165, 1.54) is 12.1 Å². The van der Waals surface area contributed by atoms with Crippen LogP contribution in [0.15, 0.2) is 24.3 Å². The third kappa shape index (κ3) is 3.21. The van der Waals surface area contributed by atoms with Crippen LogP contribution in [-0.2, 0) is 9.53 Å². The molecule has 1 aliphatic heterocycles. The van der Waals surface area contributed by atoms with Gasteiger partial charge < -0.3 is 9.64 Å². The van der Waals surface area contributed by atoms with Crippen LogP contribution in [-0.4, -0.2) is 41.0 Å². The number of esters is 1. The number of ether oxygens (including phenoxy) is 1. The molecule has 25 heavy (non-hydrogen) atoms. The first-order chi connectivity index (χ1) is 12.0. The molecule has 0 unspecified atom stereocenters. The maximum absolute atomic E-state index is 13.4. The van der Waals surface area contributed by atoms with E-state index in [1.54, 1.807) is 19.1 Å². The van der Waals surface area contributed by atoms with Crippen LogP contribution in [0.3, 0.4) is 0 Å². The van der Waals surface area contributed by atoms with Gasteiger partial charge in [-0.2, -0.15) is 0 Å². The second-order valence-electron chi connectivity index (χ2n) is 6.92. The number of fused-ring (bicyclic) bond motifs is 1. The molecule has 2 aromatic rings. The van der Waals surface area contributed by atoms with Crippen LogP contribution in [0.2, 0.25) is 0 Å². The summed E-state index contributed by atoms with van der Waals surface area (Å²) in [7, 11) is 0. The maximum atomic E-state index is 13.4. The zero-order valence-electron chi connectivity index (χ0n) is 14.0. The average Bonchev–Trinajstić information content (AvgIpc) is 3.34. The SMILES string of the molecule is Cc1cc(C(=O)OC[C@H]2CC(=O)N(C3CC3)C2)c2ccc(F)cc2n1. The number of rotatable bonds is 4. The fourth-order valence-electron chi connectivity index (χ4n) is 3.43. The topological polar surface area (TPSA) is 59.5 Å². The lowest BCUT2D eigenvalue weighted by molar-refractivity contribution is -0.128. The number of halogens is 1. The van der Waals surface area contributed by atoms with Crippen molar-refractivity contribution in [3.63, 3.8) is 0 Å². The highest BCUT2D eigenvalue weighted by Gasteiger charge is 2.39. The molecule has 1 atom stereocenters. The van der Waals surface area contributed by atoms with Crippen LogP contribution in [0, 0.1) is 18.7 Å². The van der Waals surface area contributed by atoms with Gasteiger partial charge in [-0.25, -0.2) is 9.18 Å². The van der Waals surface area contributed by atoms with E-state index in [1.807, 2.05) is 4.90 Å². The fraction of sp³-hybridized carbons (Fsp3) is 0.421. The van der Waals surface area contributed by atoms with Gasteiger partial charge in [0.15, 0.2) is 0 Å². The Balaban J connectivity index is 1.48. The number of hydrogen-bond donors (Lipinski definition) is 0. The van der Waals surface area contributed by atoms with Crippen molar-refractivity contribution in [3.8, 4) is 0 Å². The van der Waals surface area contributed by atoms with Gasteiger partial charge in [-0.3, -0.25) is 9.78 Å². The van der Waals surface area contributed by atoms with E-state index in [0.717, 1.165) is 12.8 Å². The Morgan fingerprint density at radius 1 is 1.36 bits per heavy atom. The molecule has 1 aliphatic carbocycles. The van der Waals surface area contributed by atoms with Crippen LogP contribution < -0.4 is 0 Å². The van der Waals surface area contributed by atoms with Crippen LogP contribution in [0.25, 0.3) is 10.9 Å². The molecule has 6 heteroatoms. The predicted octanol–water partition coefficient (Wildman–Crippen LogP) is 2.85. The smallest absolute Gasteiger partial charge is 0.338 e. The molecule has 1 amide bonds. The van der Waals surface area contributed by atoms with Crippen molar-refractivity contribution < 1.29 is 18.7 Å². The number of pyridine rings is 1. The number of amides is 1. The Morgan fingerprint density at radius 3 is 2.92 bits per heavy atom. The van der Waals surface area contributed by atoms with E-state index >= 15 is 0 Å². The molecular formula is C19H19FN2O3. The third-order valence-electron chi connectivity index (χ3n) is 4.80. The summed E-state index contributed by atoms with van der Waals surface area (Å²) in [5.41, 5.74) is 1.44. The van der Waals surface area contributed by atoms with Gasteiger partial charge in [-0.15, -0.1) is 0 Å². The fourth-order valence-corrected chi connectivity index (χ4v) is 3.43. The van der Waals surface area contributed by atoms with Crippen LogP contribution in [0.4, 0.5) is 4.39 Å². The first-order valence-electron chi connectivity index (χ1n) is 8.55. The Morgan fingerprint density at radius 2 is 2.16 bits per heavy atom. The van der Waals surface area contributed by atoms with E-state index in [9.17, 15) is 14.0 Å². The lowest BCUT2D eigenvalue weighted by Crippen LogP contribution is -2.28. The minimum absolute atomic E-state index is 0.0451. The number of aromatic nitrogens is 1. The van der Waals surface area contributed by atoms with Gasteiger partial charge >= 0.3 is 5.97 Å². The summed E-state index contributed by atoms with van der Waals surface area (Å²) in [4.78, 5) is 30.7. The molecule has 130 valence electrons. The Labute approximate surface area is 144 Å². The van der Waals surface area contributed by atoms with Crippen LogP contribution in [0.5, 0.6) is 0 Å². The number of carbonyl (C=O) groups excluding carboxylic acids is 2. The molecule has 5 nitrogen and oxygen atoms in total. The minimum atomic E-state index is -0.459. The summed E-state index contributed by atoms with van der Waals surface area (Å²) in [5.74, 6) is -0.651. The molecule has 1 aromatic carbocycles. The second-order valence-corrected chi connectivity index (χ2v) is 6.92. The predicted molar refractivity (Wildman–Crippen MR) is 89.6 cm³/mol. The Bertz CT molecular complexity index is 858. The molecule has 2 aliphatic rings. The number of hydrogen-bond acceptors (Lipinski definition) is 4. The van der Waals surface area contributed by atoms with Gasteiger partial charge in [-0.1, -0.05) is 0 Å². The lowest BCUT2D eigenvalue weighted by atomic mass is 10.1. The molecule has 4 rings (SSSR count). The van der Waals surface area contributed by atoms with Crippen molar-refractivity contribution in [2.45, 2.75) is 32.2 Å². The summed E-state index contributed by atoms with van der Waals surface area (Å²) in [5, 5.41) is 0.569.